The fourth-order valence-electron chi connectivity index (χ4n) is 3.23. The van der Waals surface area contributed by atoms with E-state index in [1.54, 1.807) is 0 Å². The molecule has 0 bridgehead atoms. The lowest BCUT2D eigenvalue weighted by molar-refractivity contribution is -0.119. The van der Waals surface area contributed by atoms with Gasteiger partial charge in [0, 0.05) is 18.4 Å². The van der Waals surface area contributed by atoms with E-state index in [1.807, 2.05) is 0 Å². The molecule has 3 rings (SSSR count). The van der Waals surface area contributed by atoms with Crippen molar-refractivity contribution in [1.82, 2.24) is 5.32 Å². The Hall–Kier alpha value is -1.83. The van der Waals surface area contributed by atoms with Gasteiger partial charge in [0.2, 0.25) is 5.91 Å². The monoisotopic (exact) mass is 267 g/mol. The third kappa shape index (κ3) is 2.55. The highest BCUT2D eigenvalue weighted by molar-refractivity contribution is 5.84. The highest BCUT2D eigenvalue weighted by atomic mass is 16.2. The van der Waals surface area contributed by atoms with Crippen LogP contribution in [0.5, 0.6) is 0 Å². The Balaban J connectivity index is 1.93. The molecular weight excluding hydrogens is 246 g/mol. The largest absolute Gasteiger partial charge is 0.353 e. The van der Waals surface area contributed by atoms with Crippen molar-refractivity contribution >= 4 is 16.7 Å². The van der Waals surface area contributed by atoms with E-state index in [1.165, 1.54) is 16.3 Å². The van der Waals surface area contributed by atoms with Gasteiger partial charge in [0.1, 0.15) is 0 Å². The fourth-order valence-corrected chi connectivity index (χ4v) is 3.23. The van der Waals surface area contributed by atoms with Crippen LogP contribution in [0.4, 0.5) is 0 Å². The van der Waals surface area contributed by atoms with Crippen molar-refractivity contribution < 1.29 is 4.79 Å². The third-order valence-electron chi connectivity index (χ3n) is 4.16. The molecule has 1 saturated heterocycles. The summed E-state index contributed by atoms with van der Waals surface area (Å²) in [7, 11) is 0. The van der Waals surface area contributed by atoms with E-state index in [9.17, 15) is 4.79 Å². The zero-order valence-corrected chi connectivity index (χ0v) is 12.1. The molecular formula is C18H21NO. The minimum Gasteiger partial charge on any atom is -0.353 e. The lowest BCUT2D eigenvalue weighted by Crippen LogP contribution is -2.29. The zero-order chi connectivity index (χ0) is 14.1. The maximum atomic E-state index is 11.8. The van der Waals surface area contributed by atoms with Crippen LogP contribution >= 0.6 is 0 Å². The first-order valence-corrected chi connectivity index (χ1v) is 7.41. The molecule has 2 aromatic rings. The van der Waals surface area contributed by atoms with Crippen LogP contribution in [0.2, 0.25) is 0 Å². The average Bonchev–Trinajstić information content (AvgIpc) is 2.78. The number of benzene rings is 2. The van der Waals surface area contributed by atoms with Gasteiger partial charge in [-0.1, -0.05) is 56.3 Å². The molecule has 1 N–H and O–H groups in total. The summed E-state index contributed by atoms with van der Waals surface area (Å²) in [5.41, 5.74) is 1.28. The van der Waals surface area contributed by atoms with Crippen LogP contribution in [0.3, 0.4) is 0 Å². The molecule has 0 spiro atoms. The molecule has 0 aliphatic carbocycles. The highest BCUT2D eigenvalue weighted by Gasteiger charge is 2.33. The van der Waals surface area contributed by atoms with Gasteiger partial charge in [-0.05, 0) is 28.7 Å². The fraction of sp³-hybridized carbons (Fsp3) is 0.389. The topological polar surface area (TPSA) is 29.1 Å². The summed E-state index contributed by atoms with van der Waals surface area (Å²) >= 11 is 0. The quantitative estimate of drug-likeness (QED) is 0.899. The van der Waals surface area contributed by atoms with Crippen molar-refractivity contribution in [2.75, 3.05) is 0 Å². The van der Waals surface area contributed by atoms with Crippen molar-refractivity contribution in [3.05, 3.63) is 48.0 Å². The molecule has 2 unspecified atom stereocenters. The van der Waals surface area contributed by atoms with Gasteiger partial charge in [0.25, 0.3) is 0 Å². The van der Waals surface area contributed by atoms with E-state index >= 15 is 0 Å². The second kappa shape index (κ2) is 5.28. The van der Waals surface area contributed by atoms with E-state index in [2.05, 4.69) is 61.6 Å². The van der Waals surface area contributed by atoms with Crippen LogP contribution in [0.25, 0.3) is 10.8 Å². The summed E-state index contributed by atoms with van der Waals surface area (Å²) in [5, 5.41) is 5.66. The molecule has 1 fully saturated rings. The standard InChI is InChI=1S/C18H21NO/c1-12(2)9-17-16(11-18(20)19-17)15-8-7-13-5-3-4-6-14(13)10-15/h3-8,10,12,16-17H,9,11H2,1-2H3,(H,19,20). The van der Waals surface area contributed by atoms with Crippen molar-refractivity contribution in [2.24, 2.45) is 5.92 Å². The maximum Gasteiger partial charge on any atom is 0.220 e. The molecule has 2 nitrogen and oxygen atoms in total. The van der Waals surface area contributed by atoms with Gasteiger partial charge < -0.3 is 5.32 Å². The Morgan fingerprint density at radius 3 is 2.65 bits per heavy atom. The van der Waals surface area contributed by atoms with E-state index in [-0.39, 0.29) is 11.9 Å². The van der Waals surface area contributed by atoms with Crippen molar-refractivity contribution in [3.8, 4) is 0 Å². The van der Waals surface area contributed by atoms with Crippen LogP contribution in [-0.2, 0) is 4.79 Å². The van der Waals surface area contributed by atoms with E-state index in [0.29, 0.717) is 18.3 Å². The number of rotatable bonds is 3. The summed E-state index contributed by atoms with van der Waals surface area (Å²) < 4.78 is 0. The van der Waals surface area contributed by atoms with Crippen LogP contribution in [0.1, 0.15) is 38.2 Å². The van der Waals surface area contributed by atoms with Gasteiger partial charge in [0.15, 0.2) is 0 Å². The van der Waals surface area contributed by atoms with Crippen molar-refractivity contribution in [3.63, 3.8) is 0 Å². The number of nitrogens with one attached hydrogen (secondary N) is 1. The Morgan fingerprint density at radius 2 is 1.90 bits per heavy atom. The molecule has 1 amide bonds. The van der Waals surface area contributed by atoms with Gasteiger partial charge >= 0.3 is 0 Å². The van der Waals surface area contributed by atoms with E-state index in [4.69, 9.17) is 0 Å². The molecule has 20 heavy (non-hydrogen) atoms. The SMILES string of the molecule is CC(C)CC1NC(=O)CC1c1ccc2ccccc2c1. The molecule has 0 radical (unpaired) electrons. The van der Waals surface area contributed by atoms with Crippen molar-refractivity contribution in [2.45, 2.75) is 38.6 Å². The smallest absolute Gasteiger partial charge is 0.220 e. The maximum absolute atomic E-state index is 11.8. The van der Waals surface area contributed by atoms with Gasteiger partial charge in [0.05, 0.1) is 0 Å². The summed E-state index contributed by atoms with van der Waals surface area (Å²) in [5.74, 6) is 1.10. The Morgan fingerprint density at radius 1 is 1.15 bits per heavy atom. The molecule has 1 aliphatic heterocycles. The average molecular weight is 267 g/mol. The van der Waals surface area contributed by atoms with Crippen LogP contribution in [0, 0.1) is 5.92 Å². The summed E-state index contributed by atoms with van der Waals surface area (Å²) in [6, 6.07) is 15.3. The molecule has 2 heteroatoms. The van der Waals surface area contributed by atoms with Gasteiger partial charge in [-0.25, -0.2) is 0 Å². The van der Waals surface area contributed by atoms with Gasteiger partial charge in [-0.3, -0.25) is 4.79 Å². The predicted molar refractivity (Wildman–Crippen MR) is 82.7 cm³/mol. The summed E-state index contributed by atoms with van der Waals surface area (Å²) in [6.07, 6.45) is 1.67. The zero-order valence-electron chi connectivity index (χ0n) is 12.1. The molecule has 1 heterocycles. The van der Waals surface area contributed by atoms with Crippen LogP contribution in [0.15, 0.2) is 42.5 Å². The predicted octanol–water partition coefficient (Wildman–Crippen LogP) is 3.86. The number of carbonyl (C=O) groups is 1. The van der Waals surface area contributed by atoms with Gasteiger partial charge in [-0.2, -0.15) is 0 Å². The lowest BCUT2D eigenvalue weighted by Gasteiger charge is -2.21. The second-order valence-electron chi connectivity index (χ2n) is 6.22. The van der Waals surface area contributed by atoms with E-state index < -0.39 is 0 Å². The molecule has 2 aromatic carbocycles. The highest BCUT2D eigenvalue weighted by Crippen LogP contribution is 2.33. The Labute approximate surface area is 120 Å². The Bertz CT molecular complexity index is 632. The minimum absolute atomic E-state index is 0.189. The molecule has 104 valence electrons. The third-order valence-corrected chi connectivity index (χ3v) is 4.16. The molecule has 0 saturated carbocycles. The van der Waals surface area contributed by atoms with E-state index in [0.717, 1.165) is 6.42 Å². The number of hydrogen-bond donors (Lipinski definition) is 1. The lowest BCUT2D eigenvalue weighted by atomic mass is 9.86. The Kier molecular flexibility index (Phi) is 3.47. The second-order valence-corrected chi connectivity index (χ2v) is 6.22. The van der Waals surface area contributed by atoms with Crippen molar-refractivity contribution in [1.29, 1.82) is 0 Å². The minimum atomic E-state index is 0.189. The normalized spacial score (nSPS) is 22.4. The summed E-state index contributed by atoms with van der Waals surface area (Å²) in [4.78, 5) is 11.8. The summed E-state index contributed by atoms with van der Waals surface area (Å²) in [6.45, 7) is 4.42. The first kappa shape index (κ1) is 13.2. The molecule has 2 atom stereocenters. The molecule has 0 aromatic heterocycles. The first-order valence-electron chi connectivity index (χ1n) is 7.41. The first-order chi connectivity index (χ1) is 9.63. The van der Waals surface area contributed by atoms with Crippen LogP contribution < -0.4 is 5.32 Å². The number of hydrogen-bond acceptors (Lipinski definition) is 1. The number of fused-ring (bicyclic) bond motifs is 1. The number of carbonyl (C=O) groups excluding carboxylic acids is 1. The van der Waals surface area contributed by atoms with Crippen LogP contribution in [-0.4, -0.2) is 11.9 Å². The number of amides is 1. The molecule has 1 aliphatic rings. The van der Waals surface area contributed by atoms with Gasteiger partial charge in [-0.15, -0.1) is 0 Å².